The third kappa shape index (κ3) is 1.95. The summed E-state index contributed by atoms with van der Waals surface area (Å²) in [5.74, 6) is 0.280. The Morgan fingerprint density at radius 1 is 1.05 bits per heavy atom. The second-order valence-corrected chi connectivity index (χ2v) is 4.21. The van der Waals surface area contributed by atoms with E-state index in [0.717, 1.165) is 6.21 Å². The molecule has 3 rings (SSSR count). The molecule has 98 valence electrons. The standard InChI is InChI=1S/C15H11N3O2/c19-15-12-8-4-5-9-13(12)17-14(10-16-20)18(15)11-6-2-1-3-7-11/h1-10,20H. The molecule has 0 spiro atoms. The Kier molecular flexibility index (Phi) is 3.01. The minimum Gasteiger partial charge on any atom is -0.411 e. The molecule has 1 aromatic heterocycles. The minimum absolute atomic E-state index is 0.197. The van der Waals surface area contributed by atoms with E-state index in [1.54, 1.807) is 30.3 Å². The fourth-order valence-corrected chi connectivity index (χ4v) is 2.11. The van der Waals surface area contributed by atoms with Crippen LogP contribution < -0.4 is 5.56 Å². The Balaban J connectivity index is 2.42. The third-order valence-corrected chi connectivity index (χ3v) is 2.99. The van der Waals surface area contributed by atoms with Crippen LogP contribution in [0.15, 0.2) is 64.5 Å². The van der Waals surface area contributed by atoms with Crippen LogP contribution >= 0.6 is 0 Å². The number of hydrogen-bond acceptors (Lipinski definition) is 4. The largest absolute Gasteiger partial charge is 0.411 e. The molecule has 20 heavy (non-hydrogen) atoms. The van der Waals surface area contributed by atoms with Gasteiger partial charge in [-0.05, 0) is 24.3 Å². The van der Waals surface area contributed by atoms with Gasteiger partial charge in [0.1, 0.15) is 6.21 Å². The van der Waals surface area contributed by atoms with Gasteiger partial charge in [-0.25, -0.2) is 4.98 Å². The quantitative estimate of drug-likeness (QED) is 0.439. The Hall–Kier alpha value is -2.95. The van der Waals surface area contributed by atoms with Gasteiger partial charge in [0.05, 0.1) is 16.6 Å². The Labute approximate surface area is 114 Å². The molecule has 0 radical (unpaired) electrons. The number of benzene rings is 2. The number of aromatic nitrogens is 2. The second-order valence-electron chi connectivity index (χ2n) is 4.21. The molecule has 0 saturated heterocycles. The van der Waals surface area contributed by atoms with Crippen LogP contribution in [0.25, 0.3) is 16.6 Å². The number of oxime groups is 1. The monoisotopic (exact) mass is 265 g/mol. The summed E-state index contributed by atoms with van der Waals surface area (Å²) in [5, 5.41) is 12.3. The average Bonchev–Trinajstić information content (AvgIpc) is 2.49. The van der Waals surface area contributed by atoms with E-state index < -0.39 is 0 Å². The summed E-state index contributed by atoms with van der Waals surface area (Å²) in [7, 11) is 0. The van der Waals surface area contributed by atoms with Crippen LogP contribution in [0.5, 0.6) is 0 Å². The van der Waals surface area contributed by atoms with Gasteiger partial charge < -0.3 is 5.21 Å². The highest BCUT2D eigenvalue weighted by Gasteiger charge is 2.10. The van der Waals surface area contributed by atoms with Crippen molar-refractivity contribution in [2.45, 2.75) is 0 Å². The summed E-state index contributed by atoms with van der Waals surface area (Å²) in [6.45, 7) is 0. The van der Waals surface area contributed by atoms with Crippen molar-refractivity contribution in [2.75, 3.05) is 0 Å². The molecule has 5 nitrogen and oxygen atoms in total. The molecule has 0 unspecified atom stereocenters. The highest BCUT2D eigenvalue weighted by molar-refractivity contribution is 5.83. The molecule has 0 aliphatic heterocycles. The van der Waals surface area contributed by atoms with Crippen LogP contribution in [0.3, 0.4) is 0 Å². The summed E-state index contributed by atoms with van der Waals surface area (Å²) in [6, 6.07) is 16.2. The lowest BCUT2D eigenvalue weighted by atomic mass is 10.2. The third-order valence-electron chi connectivity index (χ3n) is 2.99. The van der Waals surface area contributed by atoms with Crippen molar-refractivity contribution in [3.05, 3.63) is 70.8 Å². The summed E-state index contributed by atoms with van der Waals surface area (Å²) >= 11 is 0. The number of para-hydroxylation sites is 2. The number of rotatable bonds is 2. The van der Waals surface area contributed by atoms with E-state index >= 15 is 0 Å². The van der Waals surface area contributed by atoms with Crippen LogP contribution in [0, 0.1) is 0 Å². The van der Waals surface area contributed by atoms with Crippen LogP contribution in [-0.4, -0.2) is 21.0 Å². The first-order valence-electron chi connectivity index (χ1n) is 6.06. The van der Waals surface area contributed by atoms with Gasteiger partial charge in [0.2, 0.25) is 0 Å². The Bertz CT molecular complexity index is 839. The molecular weight excluding hydrogens is 254 g/mol. The molecule has 0 atom stereocenters. The second kappa shape index (κ2) is 4.97. The van der Waals surface area contributed by atoms with E-state index in [-0.39, 0.29) is 11.4 Å². The van der Waals surface area contributed by atoms with Crippen molar-refractivity contribution in [2.24, 2.45) is 5.16 Å². The van der Waals surface area contributed by atoms with Gasteiger partial charge in [0, 0.05) is 0 Å². The van der Waals surface area contributed by atoms with Crippen molar-refractivity contribution in [1.29, 1.82) is 0 Å². The molecule has 2 aromatic carbocycles. The molecule has 1 heterocycles. The first kappa shape index (κ1) is 12.1. The van der Waals surface area contributed by atoms with E-state index in [4.69, 9.17) is 5.21 Å². The van der Waals surface area contributed by atoms with Crippen LogP contribution in [0.4, 0.5) is 0 Å². The maximum Gasteiger partial charge on any atom is 0.266 e. The maximum atomic E-state index is 12.6. The normalized spacial score (nSPS) is 11.2. The molecular formula is C15H11N3O2. The fraction of sp³-hybridized carbons (Fsp3) is 0. The summed E-state index contributed by atoms with van der Waals surface area (Å²) < 4.78 is 1.42. The van der Waals surface area contributed by atoms with Gasteiger partial charge in [-0.3, -0.25) is 9.36 Å². The van der Waals surface area contributed by atoms with Crippen molar-refractivity contribution in [3.8, 4) is 5.69 Å². The maximum absolute atomic E-state index is 12.6. The molecule has 0 amide bonds. The van der Waals surface area contributed by atoms with Gasteiger partial charge in [0.15, 0.2) is 5.82 Å². The van der Waals surface area contributed by atoms with Crippen LogP contribution in [0.2, 0.25) is 0 Å². The zero-order valence-electron chi connectivity index (χ0n) is 10.5. The van der Waals surface area contributed by atoms with Gasteiger partial charge in [-0.15, -0.1) is 0 Å². The van der Waals surface area contributed by atoms with E-state index in [9.17, 15) is 4.79 Å². The first-order chi connectivity index (χ1) is 9.81. The van der Waals surface area contributed by atoms with Crippen molar-refractivity contribution < 1.29 is 5.21 Å². The number of fused-ring (bicyclic) bond motifs is 1. The lowest BCUT2D eigenvalue weighted by molar-refractivity contribution is 0.321. The molecule has 0 fully saturated rings. The predicted octanol–water partition coefficient (Wildman–Crippen LogP) is 2.19. The zero-order chi connectivity index (χ0) is 13.9. The smallest absolute Gasteiger partial charge is 0.266 e. The van der Waals surface area contributed by atoms with Crippen molar-refractivity contribution >= 4 is 17.1 Å². The van der Waals surface area contributed by atoms with E-state index in [1.165, 1.54) is 4.57 Å². The molecule has 3 aromatic rings. The summed E-state index contributed by atoms with van der Waals surface area (Å²) in [4.78, 5) is 17.0. The highest BCUT2D eigenvalue weighted by atomic mass is 16.4. The molecule has 5 heteroatoms. The summed E-state index contributed by atoms with van der Waals surface area (Å²) in [6.07, 6.45) is 1.15. The first-order valence-corrected chi connectivity index (χ1v) is 6.06. The topological polar surface area (TPSA) is 67.5 Å². The van der Waals surface area contributed by atoms with Crippen LogP contribution in [0.1, 0.15) is 5.82 Å². The average molecular weight is 265 g/mol. The number of nitrogens with zero attached hydrogens (tertiary/aromatic N) is 3. The van der Waals surface area contributed by atoms with E-state index in [1.807, 2.05) is 24.3 Å². The Morgan fingerprint density at radius 3 is 2.50 bits per heavy atom. The molecule has 0 aliphatic carbocycles. The van der Waals surface area contributed by atoms with E-state index in [2.05, 4.69) is 10.1 Å². The fourth-order valence-electron chi connectivity index (χ4n) is 2.11. The van der Waals surface area contributed by atoms with Gasteiger partial charge >= 0.3 is 0 Å². The van der Waals surface area contributed by atoms with Crippen molar-refractivity contribution in [3.63, 3.8) is 0 Å². The predicted molar refractivity (Wildman–Crippen MR) is 76.7 cm³/mol. The summed E-state index contributed by atoms with van der Waals surface area (Å²) in [5.41, 5.74) is 1.04. The molecule has 0 aliphatic rings. The molecule has 0 saturated carbocycles. The Morgan fingerprint density at radius 2 is 1.75 bits per heavy atom. The zero-order valence-corrected chi connectivity index (χ0v) is 10.5. The molecule has 0 bridgehead atoms. The highest BCUT2D eigenvalue weighted by Crippen LogP contribution is 2.11. The van der Waals surface area contributed by atoms with Crippen LogP contribution in [-0.2, 0) is 0 Å². The van der Waals surface area contributed by atoms with Gasteiger partial charge in [-0.2, -0.15) is 0 Å². The van der Waals surface area contributed by atoms with Crippen molar-refractivity contribution in [1.82, 2.24) is 9.55 Å². The number of hydrogen-bond donors (Lipinski definition) is 1. The lowest BCUT2D eigenvalue weighted by Crippen LogP contribution is -2.23. The lowest BCUT2D eigenvalue weighted by Gasteiger charge is -2.10. The minimum atomic E-state index is -0.197. The molecule has 1 N–H and O–H groups in total. The van der Waals surface area contributed by atoms with Gasteiger partial charge in [-0.1, -0.05) is 35.5 Å². The van der Waals surface area contributed by atoms with Gasteiger partial charge in [0.25, 0.3) is 5.56 Å². The SMILES string of the molecule is O=c1c2ccccc2nc(C=NO)n1-c1ccccc1. The van der Waals surface area contributed by atoms with E-state index in [0.29, 0.717) is 16.6 Å².